The molecule has 1 amide bonds. The predicted octanol–water partition coefficient (Wildman–Crippen LogP) is 5.77. The summed E-state index contributed by atoms with van der Waals surface area (Å²) in [6.07, 6.45) is 4.69. The first-order valence-corrected chi connectivity index (χ1v) is 13.7. The number of nitrogens with one attached hydrogen (secondary N) is 1. The van der Waals surface area contributed by atoms with Gasteiger partial charge in [-0.3, -0.25) is 4.79 Å². The number of rotatable bonds is 6. The number of nitrogens with zero attached hydrogens (tertiary/aromatic N) is 2. The molecular weight excluding hydrogens is 498 g/mol. The number of anilines is 1. The summed E-state index contributed by atoms with van der Waals surface area (Å²) in [7, 11) is -3.93. The maximum Gasteiger partial charge on any atom is 0.248 e. The first-order chi connectivity index (χ1) is 17.1. The summed E-state index contributed by atoms with van der Waals surface area (Å²) in [5, 5.41) is 7.31. The number of benzene rings is 2. The fourth-order valence-corrected chi connectivity index (χ4v) is 6.69. The van der Waals surface area contributed by atoms with E-state index in [1.807, 2.05) is 26.8 Å². The first kappa shape index (κ1) is 26.1. The molecule has 9 heteroatoms. The van der Waals surface area contributed by atoms with Crippen molar-refractivity contribution < 1.29 is 17.7 Å². The highest BCUT2D eigenvalue weighted by Crippen LogP contribution is 2.30. The lowest BCUT2D eigenvalue weighted by Gasteiger charge is -2.31. The molecule has 7 nitrogen and oxygen atoms in total. The molecule has 3 aromatic rings. The molecular formula is C27H30ClN3O4S. The second kappa shape index (κ2) is 10.6. The van der Waals surface area contributed by atoms with Gasteiger partial charge in [0, 0.05) is 23.8 Å². The zero-order chi connectivity index (χ0) is 26.0. The fraction of sp³-hybridized carbons (Fsp3) is 0.333. The Labute approximate surface area is 217 Å². The number of sulfonamides is 1. The van der Waals surface area contributed by atoms with Crippen LogP contribution < -0.4 is 5.32 Å². The van der Waals surface area contributed by atoms with Crippen LogP contribution in [0.15, 0.2) is 45.8 Å². The van der Waals surface area contributed by atoms with Gasteiger partial charge in [0.05, 0.1) is 5.92 Å². The Morgan fingerprint density at radius 3 is 2.56 bits per heavy atom. The molecule has 36 heavy (non-hydrogen) atoms. The highest BCUT2D eigenvalue weighted by atomic mass is 35.5. The standard InChI is InChI=1S/C27H30ClN3O4S/c1-17-13-18(2)24(19(3)14-17)10-11-25-26(20(4)30-35-25)36(33,34)31-12-6-7-21(16-31)27(32)29-23-9-5-8-22(28)15-23/h5,8-11,13-15,21H,6-7,12,16H2,1-4H3,(H,29,32)/b11-10+/t21-/m0/s1. The Hall–Kier alpha value is -2.94. The minimum absolute atomic E-state index is 0.0390. The molecule has 0 unspecified atom stereocenters. The lowest BCUT2D eigenvalue weighted by atomic mass is 9.99. The van der Waals surface area contributed by atoms with Gasteiger partial charge in [0.25, 0.3) is 0 Å². The van der Waals surface area contributed by atoms with E-state index in [9.17, 15) is 13.2 Å². The van der Waals surface area contributed by atoms with Gasteiger partial charge in [-0.1, -0.05) is 46.6 Å². The lowest BCUT2D eigenvalue weighted by Crippen LogP contribution is -2.43. The summed E-state index contributed by atoms with van der Waals surface area (Å²) in [5.74, 6) is -0.536. The van der Waals surface area contributed by atoms with Gasteiger partial charge in [-0.15, -0.1) is 0 Å². The highest BCUT2D eigenvalue weighted by Gasteiger charge is 2.37. The summed E-state index contributed by atoms with van der Waals surface area (Å²) in [6, 6.07) is 11.0. The number of carbonyl (C=O) groups excluding carboxylic acids is 1. The van der Waals surface area contributed by atoms with Gasteiger partial charge in [0.1, 0.15) is 5.69 Å². The van der Waals surface area contributed by atoms with Crippen LogP contribution in [0, 0.1) is 33.6 Å². The van der Waals surface area contributed by atoms with Gasteiger partial charge in [-0.05, 0) is 81.5 Å². The number of hydrogen-bond acceptors (Lipinski definition) is 5. The molecule has 0 radical (unpaired) electrons. The van der Waals surface area contributed by atoms with Crippen molar-refractivity contribution in [3.63, 3.8) is 0 Å². The third kappa shape index (κ3) is 5.56. The summed E-state index contributed by atoms with van der Waals surface area (Å²) >= 11 is 6.01. The molecule has 4 rings (SSSR count). The Kier molecular flexibility index (Phi) is 7.68. The number of aryl methyl sites for hydroxylation is 4. The van der Waals surface area contributed by atoms with Crippen LogP contribution in [-0.2, 0) is 14.8 Å². The van der Waals surface area contributed by atoms with Crippen LogP contribution in [0.3, 0.4) is 0 Å². The quantitative estimate of drug-likeness (QED) is 0.439. The maximum atomic E-state index is 13.7. The number of amides is 1. The SMILES string of the molecule is Cc1cc(C)c(/C=C/c2onc(C)c2S(=O)(=O)N2CCC[C@H](C(=O)Nc3cccc(Cl)c3)C2)c(C)c1. The van der Waals surface area contributed by atoms with E-state index >= 15 is 0 Å². The van der Waals surface area contributed by atoms with Crippen molar-refractivity contribution >= 4 is 45.4 Å². The molecule has 0 bridgehead atoms. The third-order valence-corrected chi connectivity index (χ3v) is 8.68. The minimum atomic E-state index is -3.93. The second-order valence-corrected chi connectivity index (χ2v) is 11.6. The Bertz CT molecular complexity index is 1410. The van der Waals surface area contributed by atoms with Gasteiger partial charge in [0.15, 0.2) is 10.7 Å². The molecule has 190 valence electrons. The summed E-state index contributed by atoms with van der Waals surface area (Å²) in [4.78, 5) is 12.9. The van der Waals surface area contributed by atoms with Gasteiger partial charge in [-0.2, -0.15) is 4.31 Å². The van der Waals surface area contributed by atoms with Crippen molar-refractivity contribution in [2.24, 2.45) is 5.92 Å². The van der Waals surface area contributed by atoms with Crippen molar-refractivity contribution in [3.05, 3.63) is 75.1 Å². The minimum Gasteiger partial charge on any atom is -0.355 e. The normalized spacial score (nSPS) is 17.0. The van der Waals surface area contributed by atoms with Crippen molar-refractivity contribution in [2.75, 3.05) is 18.4 Å². The van der Waals surface area contributed by atoms with Gasteiger partial charge >= 0.3 is 0 Å². The Balaban J connectivity index is 1.56. The highest BCUT2D eigenvalue weighted by molar-refractivity contribution is 7.89. The van der Waals surface area contributed by atoms with E-state index < -0.39 is 15.9 Å². The predicted molar refractivity (Wildman–Crippen MR) is 142 cm³/mol. The largest absolute Gasteiger partial charge is 0.355 e. The Morgan fingerprint density at radius 1 is 1.14 bits per heavy atom. The van der Waals surface area contributed by atoms with Crippen LogP contribution in [0.25, 0.3) is 12.2 Å². The van der Waals surface area contributed by atoms with Gasteiger partial charge in [0.2, 0.25) is 15.9 Å². The zero-order valence-electron chi connectivity index (χ0n) is 20.8. The van der Waals surface area contributed by atoms with Crippen LogP contribution in [0.1, 0.15) is 46.5 Å². The molecule has 2 heterocycles. The van der Waals surface area contributed by atoms with Crippen molar-refractivity contribution in [1.82, 2.24) is 9.46 Å². The lowest BCUT2D eigenvalue weighted by molar-refractivity contribution is -0.120. The molecule has 1 atom stereocenters. The number of aromatic nitrogens is 1. The number of piperidine rings is 1. The molecule has 2 aromatic carbocycles. The number of hydrogen-bond donors (Lipinski definition) is 1. The van der Waals surface area contributed by atoms with Crippen LogP contribution in [0.2, 0.25) is 5.02 Å². The van der Waals surface area contributed by atoms with Crippen LogP contribution in [0.4, 0.5) is 5.69 Å². The van der Waals surface area contributed by atoms with Crippen molar-refractivity contribution in [2.45, 2.75) is 45.4 Å². The topological polar surface area (TPSA) is 92.5 Å². The molecule has 1 aromatic heterocycles. The van der Waals surface area contributed by atoms with Crippen molar-refractivity contribution in [1.29, 1.82) is 0 Å². The number of carbonyl (C=O) groups is 1. The average molecular weight is 528 g/mol. The Morgan fingerprint density at radius 2 is 1.86 bits per heavy atom. The van der Waals surface area contributed by atoms with Gasteiger partial charge < -0.3 is 9.84 Å². The van der Waals surface area contributed by atoms with E-state index in [0.717, 1.165) is 16.7 Å². The van der Waals surface area contributed by atoms with Crippen LogP contribution in [-0.4, -0.2) is 36.9 Å². The molecule has 1 N–H and O–H groups in total. The van der Waals surface area contributed by atoms with Crippen LogP contribution >= 0.6 is 11.6 Å². The van der Waals surface area contributed by atoms with E-state index in [1.54, 1.807) is 37.3 Å². The molecule has 1 fully saturated rings. The smallest absolute Gasteiger partial charge is 0.248 e. The molecule has 1 saturated heterocycles. The van der Waals surface area contributed by atoms with Crippen molar-refractivity contribution in [3.8, 4) is 0 Å². The summed E-state index contributed by atoms with van der Waals surface area (Å²) in [6.45, 7) is 8.10. The van der Waals surface area contributed by atoms with E-state index in [2.05, 4.69) is 22.6 Å². The van der Waals surface area contributed by atoms with E-state index in [0.29, 0.717) is 30.1 Å². The molecule has 0 spiro atoms. The zero-order valence-corrected chi connectivity index (χ0v) is 22.4. The molecule has 1 aliphatic heterocycles. The summed E-state index contributed by atoms with van der Waals surface area (Å²) in [5.41, 5.74) is 5.23. The van der Waals surface area contributed by atoms with E-state index in [4.69, 9.17) is 16.1 Å². The summed E-state index contributed by atoms with van der Waals surface area (Å²) < 4.78 is 34.2. The fourth-order valence-electron chi connectivity index (χ4n) is 4.73. The van der Waals surface area contributed by atoms with Gasteiger partial charge in [-0.25, -0.2) is 8.42 Å². The van der Waals surface area contributed by atoms with E-state index in [1.165, 1.54) is 9.87 Å². The number of halogens is 1. The second-order valence-electron chi connectivity index (χ2n) is 9.31. The third-order valence-electron chi connectivity index (χ3n) is 6.42. The molecule has 1 aliphatic rings. The molecule has 0 aliphatic carbocycles. The van der Waals surface area contributed by atoms with E-state index in [-0.39, 0.29) is 28.8 Å². The average Bonchev–Trinajstić information content (AvgIpc) is 3.19. The monoisotopic (exact) mass is 527 g/mol. The first-order valence-electron chi connectivity index (χ1n) is 11.8. The maximum absolute atomic E-state index is 13.7. The van der Waals surface area contributed by atoms with Crippen LogP contribution in [0.5, 0.6) is 0 Å². The molecule has 0 saturated carbocycles.